The number of hydrogen-bond donors (Lipinski definition) is 2. The number of thiazole rings is 1. The number of anilines is 1. The zero-order chi connectivity index (χ0) is 17.9. The van der Waals surface area contributed by atoms with Crippen molar-refractivity contribution in [1.29, 1.82) is 0 Å². The molecule has 1 aromatic carbocycles. The summed E-state index contributed by atoms with van der Waals surface area (Å²) in [4.78, 5) is 31.0. The van der Waals surface area contributed by atoms with Gasteiger partial charge in [-0.25, -0.2) is 4.98 Å². The molecule has 0 unspecified atom stereocenters. The molecular weight excluding hydrogens is 356 g/mol. The second-order valence-electron chi connectivity index (χ2n) is 6.01. The van der Waals surface area contributed by atoms with E-state index >= 15 is 0 Å². The predicted molar refractivity (Wildman–Crippen MR) is 95.1 cm³/mol. The molecule has 0 bridgehead atoms. The Bertz CT molecular complexity index is 798. The topological polar surface area (TPSA) is 92.8 Å². The van der Waals surface area contributed by atoms with Gasteiger partial charge < -0.3 is 14.4 Å². The van der Waals surface area contributed by atoms with Crippen LogP contribution in [0.15, 0.2) is 35.8 Å². The van der Waals surface area contributed by atoms with E-state index in [1.54, 1.807) is 24.4 Å². The highest BCUT2D eigenvalue weighted by Gasteiger charge is 2.33. The van der Waals surface area contributed by atoms with Gasteiger partial charge in [-0.15, -0.1) is 11.3 Å². The van der Waals surface area contributed by atoms with Crippen LogP contribution < -0.4 is 25.2 Å². The number of amides is 2. The molecule has 2 N–H and O–H groups in total. The smallest absolute Gasteiger partial charge is 0.283 e. The van der Waals surface area contributed by atoms with Crippen LogP contribution in [-0.4, -0.2) is 42.1 Å². The second-order valence-corrected chi connectivity index (χ2v) is 6.88. The monoisotopic (exact) mass is 374 g/mol. The molecule has 26 heavy (non-hydrogen) atoms. The van der Waals surface area contributed by atoms with Gasteiger partial charge in [-0.2, -0.15) is 0 Å². The number of para-hydroxylation sites is 2. The molecule has 0 saturated carbocycles. The molecule has 2 aromatic rings. The molecule has 0 radical (unpaired) electrons. The van der Waals surface area contributed by atoms with Crippen molar-refractivity contribution in [1.82, 2.24) is 15.8 Å². The molecule has 0 aliphatic carbocycles. The van der Waals surface area contributed by atoms with Crippen molar-refractivity contribution < 1.29 is 19.1 Å². The van der Waals surface area contributed by atoms with Crippen molar-refractivity contribution in [3.05, 3.63) is 35.8 Å². The molecule has 0 spiro atoms. The lowest BCUT2D eigenvalue weighted by atomic mass is 10.2. The van der Waals surface area contributed by atoms with Gasteiger partial charge in [0.05, 0.1) is 0 Å². The van der Waals surface area contributed by atoms with E-state index in [4.69, 9.17) is 9.47 Å². The fraction of sp³-hybridized carbons (Fsp3) is 0.353. The molecule has 1 aromatic heterocycles. The summed E-state index contributed by atoms with van der Waals surface area (Å²) in [6.07, 6.45) is 2.52. The third kappa shape index (κ3) is 3.30. The maximum atomic E-state index is 12.5. The van der Waals surface area contributed by atoms with E-state index in [9.17, 15) is 9.59 Å². The molecule has 3 heterocycles. The van der Waals surface area contributed by atoms with Crippen molar-refractivity contribution in [3.63, 3.8) is 0 Å². The SMILES string of the molecule is O=C(NNC(=O)[C@H]1COc2ccccc2O1)[C@H]1CCCN1c1nccs1. The van der Waals surface area contributed by atoms with Gasteiger partial charge in [0.15, 0.2) is 16.6 Å². The quantitative estimate of drug-likeness (QED) is 0.782. The largest absolute Gasteiger partial charge is 0.485 e. The van der Waals surface area contributed by atoms with Gasteiger partial charge in [-0.05, 0) is 25.0 Å². The fourth-order valence-corrected chi connectivity index (χ4v) is 3.78. The Labute approximate surface area is 154 Å². The Balaban J connectivity index is 1.32. The number of carbonyl (C=O) groups is 2. The van der Waals surface area contributed by atoms with E-state index in [0.717, 1.165) is 24.5 Å². The molecule has 1 fully saturated rings. The third-order valence-corrected chi connectivity index (χ3v) is 5.14. The summed E-state index contributed by atoms with van der Waals surface area (Å²) in [6, 6.07) is 6.80. The summed E-state index contributed by atoms with van der Waals surface area (Å²) in [5.41, 5.74) is 4.94. The first-order valence-corrected chi connectivity index (χ1v) is 9.24. The van der Waals surface area contributed by atoms with Crippen LogP contribution in [0.2, 0.25) is 0 Å². The summed E-state index contributed by atoms with van der Waals surface area (Å²) in [7, 11) is 0. The van der Waals surface area contributed by atoms with Crippen molar-refractivity contribution >= 4 is 28.3 Å². The third-order valence-electron chi connectivity index (χ3n) is 4.33. The summed E-state index contributed by atoms with van der Waals surface area (Å²) in [5, 5.41) is 2.69. The lowest BCUT2D eigenvalue weighted by molar-refractivity contribution is -0.135. The van der Waals surface area contributed by atoms with E-state index in [1.165, 1.54) is 11.3 Å². The summed E-state index contributed by atoms with van der Waals surface area (Å²) in [6.45, 7) is 0.864. The average molecular weight is 374 g/mol. The first-order valence-electron chi connectivity index (χ1n) is 8.37. The maximum absolute atomic E-state index is 12.5. The number of fused-ring (bicyclic) bond motifs is 1. The van der Waals surface area contributed by atoms with Crippen molar-refractivity contribution in [2.75, 3.05) is 18.1 Å². The molecular formula is C17H18N4O4S. The molecule has 2 aliphatic rings. The van der Waals surface area contributed by atoms with Crippen LogP contribution in [0.4, 0.5) is 5.13 Å². The Morgan fingerprint density at radius 3 is 2.81 bits per heavy atom. The van der Waals surface area contributed by atoms with Gasteiger partial charge in [0.1, 0.15) is 12.6 Å². The van der Waals surface area contributed by atoms with Gasteiger partial charge in [0.2, 0.25) is 6.10 Å². The summed E-state index contributed by atoms with van der Waals surface area (Å²) < 4.78 is 11.1. The minimum absolute atomic E-state index is 0.0907. The van der Waals surface area contributed by atoms with Crippen LogP contribution in [0.3, 0.4) is 0 Å². The summed E-state index contributed by atoms with van der Waals surface area (Å²) in [5.74, 6) is 0.399. The Morgan fingerprint density at radius 1 is 1.19 bits per heavy atom. The number of nitrogens with zero attached hydrogens (tertiary/aromatic N) is 2. The molecule has 2 aliphatic heterocycles. The van der Waals surface area contributed by atoms with Gasteiger partial charge in [-0.1, -0.05) is 12.1 Å². The second kappa shape index (κ2) is 7.20. The first kappa shape index (κ1) is 16.6. The number of hydrazine groups is 1. The van der Waals surface area contributed by atoms with Crippen LogP contribution in [-0.2, 0) is 9.59 Å². The highest BCUT2D eigenvalue weighted by atomic mass is 32.1. The van der Waals surface area contributed by atoms with Gasteiger partial charge in [0, 0.05) is 18.1 Å². The average Bonchev–Trinajstić information content (AvgIpc) is 3.36. The molecule has 136 valence electrons. The van der Waals surface area contributed by atoms with E-state index in [1.807, 2.05) is 16.3 Å². The molecule has 2 amide bonds. The number of benzene rings is 1. The van der Waals surface area contributed by atoms with Crippen molar-refractivity contribution in [2.45, 2.75) is 25.0 Å². The summed E-state index contributed by atoms with van der Waals surface area (Å²) >= 11 is 1.49. The normalized spacial score (nSPS) is 21.3. The van der Waals surface area contributed by atoms with Gasteiger partial charge >= 0.3 is 0 Å². The highest BCUT2D eigenvalue weighted by Crippen LogP contribution is 2.31. The molecule has 1 saturated heterocycles. The zero-order valence-electron chi connectivity index (χ0n) is 13.9. The minimum Gasteiger partial charge on any atom is -0.485 e. The number of carbonyl (C=O) groups excluding carboxylic acids is 2. The van der Waals surface area contributed by atoms with Crippen molar-refractivity contribution in [3.8, 4) is 11.5 Å². The van der Waals surface area contributed by atoms with Crippen LogP contribution in [0.5, 0.6) is 11.5 Å². The van der Waals surface area contributed by atoms with E-state index in [2.05, 4.69) is 15.8 Å². The maximum Gasteiger partial charge on any atom is 0.283 e. The lowest BCUT2D eigenvalue weighted by Gasteiger charge is -2.26. The Hall–Kier alpha value is -2.81. The molecule has 8 nitrogen and oxygen atoms in total. The van der Waals surface area contributed by atoms with Crippen LogP contribution in [0.1, 0.15) is 12.8 Å². The van der Waals surface area contributed by atoms with Crippen LogP contribution in [0.25, 0.3) is 0 Å². The number of rotatable bonds is 3. The van der Waals surface area contributed by atoms with Crippen LogP contribution >= 0.6 is 11.3 Å². The number of ether oxygens (including phenoxy) is 2. The number of hydrogen-bond acceptors (Lipinski definition) is 7. The Kier molecular flexibility index (Phi) is 4.61. The molecule has 9 heteroatoms. The zero-order valence-corrected chi connectivity index (χ0v) is 14.7. The fourth-order valence-electron chi connectivity index (χ4n) is 3.06. The molecule has 2 atom stereocenters. The van der Waals surface area contributed by atoms with E-state index < -0.39 is 12.0 Å². The van der Waals surface area contributed by atoms with Gasteiger partial charge in [-0.3, -0.25) is 20.4 Å². The Morgan fingerprint density at radius 2 is 2.00 bits per heavy atom. The number of aromatic nitrogens is 1. The lowest BCUT2D eigenvalue weighted by Crippen LogP contribution is -2.54. The van der Waals surface area contributed by atoms with E-state index in [0.29, 0.717) is 11.5 Å². The van der Waals surface area contributed by atoms with Crippen molar-refractivity contribution in [2.24, 2.45) is 0 Å². The van der Waals surface area contributed by atoms with E-state index in [-0.39, 0.29) is 18.6 Å². The standard InChI is InChI=1S/C17H18N4O4S/c22-15(11-4-3-8-21(11)17-18-7-9-26-17)19-20-16(23)14-10-24-12-5-1-2-6-13(12)25-14/h1-2,5-7,9,11,14H,3-4,8,10H2,(H,19,22)(H,20,23)/t11-,14-/m1/s1. The predicted octanol–water partition coefficient (Wildman–Crippen LogP) is 1.10. The first-order chi connectivity index (χ1) is 12.7. The molecule has 4 rings (SSSR count). The highest BCUT2D eigenvalue weighted by molar-refractivity contribution is 7.13. The minimum atomic E-state index is -0.816. The number of nitrogens with one attached hydrogen (secondary N) is 2. The van der Waals surface area contributed by atoms with Crippen LogP contribution in [0, 0.1) is 0 Å². The van der Waals surface area contributed by atoms with Gasteiger partial charge in [0.25, 0.3) is 11.8 Å².